The monoisotopic (exact) mass is 389 g/mol. The van der Waals surface area contributed by atoms with Crippen LogP contribution >= 0.6 is 0 Å². The van der Waals surface area contributed by atoms with Gasteiger partial charge in [0.15, 0.2) is 6.10 Å². The van der Waals surface area contributed by atoms with Crippen LogP contribution in [-0.2, 0) is 20.7 Å². The van der Waals surface area contributed by atoms with Crippen molar-refractivity contribution in [1.82, 2.24) is 19.6 Å². The number of amides is 1. The van der Waals surface area contributed by atoms with Gasteiger partial charge < -0.3 is 10.1 Å². The van der Waals surface area contributed by atoms with Crippen molar-refractivity contribution in [3.8, 4) is 0 Å². The van der Waals surface area contributed by atoms with E-state index in [-0.39, 0.29) is 6.42 Å². The maximum atomic E-state index is 13.6. The Balaban J connectivity index is 1.68. The lowest BCUT2D eigenvalue weighted by Crippen LogP contribution is -2.31. The molecule has 0 fully saturated rings. The molecule has 1 atom stereocenters. The third-order valence-corrected chi connectivity index (χ3v) is 4.20. The molecule has 1 aromatic carbocycles. The summed E-state index contributed by atoms with van der Waals surface area (Å²) in [5.41, 5.74) is 1.25. The normalized spacial score (nSPS) is 12.0. The fourth-order valence-corrected chi connectivity index (χ4v) is 2.69. The molecule has 0 saturated heterocycles. The number of anilines is 1. The van der Waals surface area contributed by atoms with E-state index >= 15 is 0 Å². The molecular weight excluding hydrogens is 372 g/mol. The molecule has 0 bridgehead atoms. The Morgan fingerprint density at radius 1 is 1.25 bits per heavy atom. The summed E-state index contributed by atoms with van der Waals surface area (Å²) >= 11 is 0. The fourth-order valence-electron chi connectivity index (χ4n) is 2.69. The lowest BCUT2D eigenvalue weighted by atomic mass is 10.1. The van der Waals surface area contributed by atoms with Crippen molar-refractivity contribution in [3.63, 3.8) is 0 Å². The summed E-state index contributed by atoms with van der Waals surface area (Å²) in [5.74, 6) is -2.98. The maximum Gasteiger partial charge on any atom is 0.311 e. The molecule has 0 aliphatic rings. The zero-order valence-electron chi connectivity index (χ0n) is 15.4. The highest BCUT2D eigenvalue weighted by Crippen LogP contribution is 2.19. The molecule has 0 aliphatic heterocycles. The third kappa shape index (κ3) is 3.80. The molecule has 1 amide bonds. The number of ether oxygens (including phenoxy) is 1. The smallest absolute Gasteiger partial charge is 0.311 e. The highest BCUT2D eigenvalue weighted by Gasteiger charge is 2.22. The Labute approximate surface area is 158 Å². The van der Waals surface area contributed by atoms with E-state index in [2.05, 4.69) is 20.4 Å². The minimum atomic E-state index is -1.25. The fraction of sp³-hybridized carbons (Fsp3) is 0.278. The predicted molar refractivity (Wildman–Crippen MR) is 94.5 cm³/mol. The molecule has 28 heavy (non-hydrogen) atoms. The Morgan fingerprint density at radius 3 is 2.61 bits per heavy atom. The number of nitrogens with zero attached hydrogens (tertiary/aromatic N) is 4. The van der Waals surface area contributed by atoms with Gasteiger partial charge in [-0.2, -0.15) is 10.1 Å². The van der Waals surface area contributed by atoms with Gasteiger partial charge in [0.25, 0.3) is 11.7 Å². The first-order valence-corrected chi connectivity index (χ1v) is 8.38. The van der Waals surface area contributed by atoms with Gasteiger partial charge >= 0.3 is 5.97 Å². The molecule has 0 radical (unpaired) electrons. The molecule has 0 spiro atoms. The Bertz CT molecular complexity index is 1050. The van der Waals surface area contributed by atoms with Crippen molar-refractivity contribution in [3.05, 3.63) is 53.1 Å². The van der Waals surface area contributed by atoms with E-state index in [1.54, 1.807) is 13.8 Å². The standard InChI is InChI=1S/C18H17F2N5O3/c1-9-12(10(2)25-18(23-9)21-8-22-25)7-15(26)28-11(3)17(27)24-16-13(19)5-4-6-14(16)20/h4-6,8,11H,7H2,1-3H3,(H,24,27)/t11-/m1/s1. The van der Waals surface area contributed by atoms with Crippen LogP contribution < -0.4 is 5.32 Å². The summed E-state index contributed by atoms with van der Waals surface area (Å²) in [5, 5.41) is 6.13. The minimum absolute atomic E-state index is 0.147. The molecule has 2 heterocycles. The second-order valence-corrected chi connectivity index (χ2v) is 6.13. The Morgan fingerprint density at radius 2 is 1.93 bits per heavy atom. The maximum absolute atomic E-state index is 13.6. The SMILES string of the molecule is Cc1nc2ncnn2c(C)c1CC(=O)O[C@H](C)C(=O)Nc1c(F)cccc1F. The molecular formula is C18H17F2N5O3. The van der Waals surface area contributed by atoms with Crippen LogP contribution in [-0.4, -0.2) is 37.6 Å². The number of aromatic nitrogens is 4. The van der Waals surface area contributed by atoms with Crippen LogP contribution in [0.25, 0.3) is 5.78 Å². The lowest BCUT2D eigenvalue weighted by Gasteiger charge is -2.15. The summed E-state index contributed by atoms with van der Waals surface area (Å²) in [6, 6.07) is 3.19. The number of carbonyl (C=O) groups is 2. The number of hydrogen-bond acceptors (Lipinski definition) is 6. The van der Waals surface area contributed by atoms with Crippen molar-refractivity contribution in [2.24, 2.45) is 0 Å². The minimum Gasteiger partial charge on any atom is -0.452 e. The van der Waals surface area contributed by atoms with E-state index in [0.717, 1.165) is 12.1 Å². The number of carbonyl (C=O) groups excluding carboxylic acids is 2. The van der Waals surface area contributed by atoms with Gasteiger partial charge in [-0.1, -0.05) is 6.07 Å². The van der Waals surface area contributed by atoms with Crippen LogP contribution in [0.5, 0.6) is 0 Å². The van der Waals surface area contributed by atoms with Crippen LogP contribution in [0.4, 0.5) is 14.5 Å². The summed E-state index contributed by atoms with van der Waals surface area (Å²) < 4.78 is 33.9. The van der Waals surface area contributed by atoms with Crippen molar-refractivity contribution < 1.29 is 23.1 Å². The molecule has 8 nitrogen and oxygen atoms in total. The van der Waals surface area contributed by atoms with Gasteiger partial charge in [-0.15, -0.1) is 0 Å². The Kier molecular flexibility index (Phi) is 5.30. The lowest BCUT2D eigenvalue weighted by molar-refractivity contribution is -0.152. The molecule has 146 valence electrons. The summed E-state index contributed by atoms with van der Waals surface area (Å²) in [6.45, 7) is 4.79. The second kappa shape index (κ2) is 7.67. The second-order valence-electron chi connectivity index (χ2n) is 6.13. The molecule has 0 saturated carbocycles. The summed E-state index contributed by atoms with van der Waals surface area (Å²) in [6.07, 6.45) is -0.0488. The van der Waals surface area contributed by atoms with Crippen LogP contribution in [0.3, 0.4) is 0 Å². The summed E-state index contributed by atoms with van der Waals surface area (Å²) in [4.78, 5) is 32.6. The topological polar surface area (TPSA) is 98.5 Å². The van der Waals surface area contributed by atoms with Gasteiger partial charge in [0.05, 0.1) is 6.42 Å². The van der Waals surface area contributed by atoms with Crippen molar-refractivity contribution >= 4 is 23.3 Å². The third-order valence-electron chi connectivity index (χ3n) is 4.20. The molecule has 0 unspecified atom stereocenters. The van der Waals surface area contributed by atoms with Crippen molar-refractivity contribution in [2.45, 2.75) is 33.3 Å². The number of aryl methyl sites for hydroxylation is 2. The van der Waals surface area contributed by atoms with E-state index in [4.69, 9.17) is 4.74 Å². The van der Waals surface area contributed by atoms with Crippen molar-refractivity contribution in [2.75, 3.05) is 5.32 Å². The molecule has 3 aromatic rings. The predicted octanol–water partition coefficient (Wildman–Crippen LogP) is 2.13. The number of hydrogen-bond donors (Lipinski definition) is 1. The molecule has 1 N–H and O–H groups in total. The first-order chi connectivity index (χ1) is 13.3. The van der Waals surface area contributed by atoms with E-state index in [0.29, 0.717) is 22.7 Å². The number of para-hydroxylation sites is 1. The van der Waals surface area contributed by atoms with Gasteiger partial charge in [-0.25, -0.2) is 18.3 Å². The highest BCUT2D eigenvalue weighted by atomic mass is 19.1. The quantitative estimate of drug-likeness (QED) is 0.672. The Hall–Kier alpha value is -3.43. The number of rotatable bonds is 5. The number of fused-ring (bicyclic) bond motifs is 1. The first kappa shape index (κ1) is 19.3. The average molecular weight is 389 g/mol. The van der Waals surface area contributed by atoms with Gasteiger partial charge in [0, 0.05) is 17.0 Å². The number of esters is 1. The van der Waals surface area contributed by atoms with Crippen LogP contribution in [0.15, 0.2) is 24.5 Å². The van der Waals surface area contributed by atoms with Gasteiger partial charge in [0.2, 0.25) is 0 Å². The van der Waals surface area contributed by atoms with E-state index in [9.17, 15) is 18.4 Å². The number of halogens is 2. The van der Waals surface area contributed by atoms with E-state index in [1.165, 1.54) is 23.8 Å². The van der Waals surface area contributed by atoms with Crippen molar-refractivity contribution in [1.29, 1.82) is 0 Å². The first-order valence-electron chi connectivity index (χ1n) is 8.38. The molecule has 2 aromatic heterocycles. The van der Waals surface area contributed by atoms with E-state index < -0.39 is 35.3 Å². The van der Waals surface area contributed by atoms with Crippen LogP contribution in [0, 0.1) is 25.5 Å². The highest BCUT2D eigenvalue weighted by molar-refractivity contribution is 5.95. The zero-order chi connectivity index (χ0) is 20.4. The zero-order valence-corrected chi connectivity index (χ0v) is 15.4. The molecule has 3 rings (SSSR count). The number of nitrogens with one attached hydrogen (secondary N) is 1. The van der Waals surface area contributed by atoms with Gasteiger partial charge in [0.1, 0.15) is 23.6 Å². The van der Waals surface area contributed by atoms with Gasteiger partial charge in [-0.05, 0) is 32.9 Å². The molecule has 10 heteroatoms. The molecule has 0 aliphatic carbocycles. The summed E-state index contributed by atoms with van der Waals surface area (Å²) in [7, 11) is 0. The van der Waals surface area contributed by atoms with E-state index in [1.807, 2.05) is 0 Å². The average Bonchev–Trinajstić information content (AvgIpc) is 3.10. The van der Waals surface area contributed by atoms with Crippen LogP contribution in [0.2, 0.25) is 0 Å². The largest absolute Gasteiger partial charge is 0.452 e. The van der Waals surface area contributed by atoms with Gasteiger partial charge in [-0.3, -0.25) is 9.59 Å². The van der Waals surface area contributed by atoms with Crippen LogP contribution in [0.1, 0.15) is 23.9 Å². The number of benzene rings is 1.